The molecule has 16 heavy (non-hydrogen) atoms. The van der Waals surface area contributed by atoms with Crippen molar-refractivity contribution in [3.8, 4) is 0 Å². The van der Waals surface area contributed by atoms with E-state index in [0.717, 1.165) is 0 Å². The van der Waals surface area contributed by atoms with E-state index in [1.54, 1.807) is 0 Å². The van der Waals surface area contributed by atoms with Crippen molar-refractivity contribution in [2.75, 3.05) is 0 Å². The van der Waals surface area contributed by atoms with Crippen LogP contribution in [-0.4, -0.2) is 26.7 Å². The zero-order chi connectivity index (χ0) is 12.3. The van der Waals surface area contributed by atoms with Crippen LogP contribution in [0.25, 0.3) is 0 Å². The van der Waals surface area contributed by atoms with Gasteiger partial charge in [-0.15, -0.1) is 5.10 Å². The molecule has 0 spiro atoms. The number of carbonyl (C=O) groups excluding carboxylic acids is 1. The van der Waals surface area contributed by atoms with E-state index in [1.165, 1.54) is 0 Å². The Hall–Kier alpha value is -1.43. The molecule has 0 radical (unpaired) electrons. The van der Waals surface area contributed by atoms with Crippen molar-refractivity contribution >= 4 is 5.91 Å². The van der Waals surface area contributed by atoms with E-state index < -0.39 is 11.5 Å². The molecular weight excluding hydrogens is 208 g/mol. The van der Waals surface area contributed by atoms with E-state index in [-0.39, 0.29) is 11.7 Å². The van der Waals surface area contributed by atoms with Crippen molar-refractivity contribution in [1.29, 1.82) is 0 Å². The van der Waals surface area contributed by atoms with Crippen LogP contribution in [0.15, 0.2) is 0 Å². The van der Waals surface area contributed by atoms with Crippen LogP contribution >= 0.6 is 0 Å². The Balaban J connectivity index is 2.60. The largest absolute Gasteiger partial charge is 0.314 e. The summed E-state index contributed by atoms with van der Waals surface area (Å²) in [6, 6.07) is 0. The molecule has 1 heterocycles. The maximum absolute atomic E-state index is 11.5. The highest BCUT2D eigenvalue weighted by molar-refractivity contribution is 5.89. The lowest BCUT2D eigenvalue weighted by atomic mass is 10.2. The van der Waals surface area contributed by atoms with Gasteiger partial charge >= 0.3 is 5.91 Å². The molecule has 0 unspecified atom stereocenters. The number of H-pyrrole nitrogens is 1. The number of hydrogen-bond donors (Lipinski definition) is 2. The number of aromatic nitrogens is 3. The van der Waals surface area contributed by atoms with E-state index in [9.17, 15) is 4.79 Å². The molecule has 0 bridgehead atoms. The number of rotatable bonds is 3. The molecule has 0 saturated carbocycles. The Kier molecular flexibility index (Phi) is 3.64. The smallest absolute Gasteiger partial charge is 0.268 e. The summed E-state index contributed by atoms with van der Waals surface area (Å²) < 4.78 is 0. The second kappa shape index (κ2) is 4.61. The van der Waals surface area contributed by atoms with Gasteiger partial charge in [-0.2, -0.15) is 0 Å². The monoisotopic (exact) mass is 226 g/mol. The summed E-state index contributed by atoms with van der Waals surface area (Å²) in [5.41, 5.74) is 1.87. The van der Waals surface area contributed by atoms with Crippen LogP contribution < -0.4 is 5.48 Å². The normalized spacial score (nSPS) is 11.9. The zero-order valence-electron chi connectivity index (χ0n) is 10.3. The van der Waals surface area contributed by atoms with Crippen LogP contribution in [0.4, 0.5) is 0 Å². The van der Waals surface area contributed by atoms with Gasteiger partial charge in [0.2, 0.25) is 5.82 Å². The minimum atomic E-state index is -0.446. The number of hydroxylamine groups is 1. The van der Waals surface area contributed by atoms with Gasteiger partial charge in [0, 0.05) is 5.92 Å². The third-order valence-corrected chi connectivity index (χ3v) is 1.70. The fourth-order valence-corrected chi connectivity index (χ4v) is 0.879. The lowest BCUT2D eigenvalue weighted by molar-refractivity contribution is -0.0593. The fraction of sp³-hybridized carbons (Fsp3) is 0.700. The van der Waals surface area contributed by atoms with Gasteiger partial charge in [-0.1, -0.05) is 13.8 Å². The van der Waals surface area contributed by atoms with E-state index in [0.29, 0.717) is 5.82 Å². The van der Waals surface area contributed by atoms with Crippen molar-refractivity contribution in [3.63, 3.8) is 0 Å². The number of nitrogens with zero attached hydrogens (tertiary/aromatic N) is 2. The predicted octanol–water partition coefficient (Wildman–Crippen LogP) is 1.39. The van der Waals surface area contributed by atoms with Crippen molar-refractivity contribution in [1.82, 2.24) is 20.7 Å². The Morgan fingerprint density at radius 1 is 1.44 bits per heavy atom. The molecule has 0 aliphatic carbocycles. The van der Waals surface area contributed by atoms with E-state index in [4.69, 9.17) is 4.84 Å². The predicted molar refractivity (Wildman–Crippen MR) is 58.8 cm³/mol. The molecule has 2 N–H and O–H groups in total. The maximum Gasteiger partial charge on any atom is 0.314 e. The number of nitrogens with one attached hydrogen (secondary N) is 2. The molecular formula is C10H18N4O2. The highest BCUT2D eigenvalue weighted by Crippen LogP contribution is 2.08. The first-order valence-corrected chi connectivity index (χ1v) is 5.20. The third-order valence-electron chi connectivity index (χ3n) is 1.70. The summed E-state index contributed by atoms with van der Waals surface area (Å²) in [5.74, 6) is 0.532. The molecule has 0 atom stereocenters. The van der Waals surface area contributed by atoms with E-state index in [2.05, 4.69) is 20.7 Å². The van der Waals surface area contributed by atoms with Crippen molar-refractivity contribution in [2.45, 2.75) is 46.1 Å². The Bertz CT molecular complexity index is 365. The quantitative estimate of drug-likeness (QED) is 0.763. The highest BCUT2D eigenvalue weighted by atomic mass is 16.7. The van der Waals surface area contributed by atoms with Gasteiger partial charge in [-0.05, 0) is 20.8 Å². The Labute approximate surface area is 94.7 Å². The third kappa shape index (κ3) is 3.62. The number of hydrogen-bond acceptors (Lipinski definition) is 4. The lowest BCUT2D eigenvalue weighted by Gasteiger charge is -2.17. The van der Waals surface area contributed by atoms with E-state index >= 15 is 0 Å². The summed E-state index contributed by atoms with van der Waals surface area (Å²) in [5, 5.41) is 6.52. The standard InChI is InChI=1S/C10H18N4O2/c1-6(2)7-11-8(13-12-7)9(15)14-16-10(3,4)5/h6H,1-5H3,(H,14,15)(H,11,12,13). The Morgan fingerprint density at radius 3 is 2.50 bits per heavy atom. The molecule has 6 heteroatoms. The molecule has 90 valence electrons. The van der Waals surface area contributed by atoms with Crippen LogP contribution in [0, 0.1) is 0 Å². The molecule has 0 saturated heterocycles. The summed E-state index contributed by atoms with van der Waals surface area (Å²) in [6.45, 7) is 9.45. The van der Waals surface area contributed by atoms with Gasteiger partial charge in [0.05, 0.1) is 5.60 Å². The van der Waals surface area contributed by atoms with Crippen LogP contribution in [0.1, 0.15) is 57.0 Å². The molecule has 6 nitrogen and oxygen atoms in total. The van der Waals surface area contributed by atoms with E-state index in [1.807, 2.05) is 34.6 Å². The molecule has 0 aliphatic heterocycles. The summed E-state index contributed by atoms with van der Waals surface area (Å²) in [4.78, 5) is 20.7. The van der Waals surface area contributed by atoms with Crippen LogP contribution in [0.2, 0.25) is 0 Å². The first-order chi connectivity index (χ1) is 7.29. The average molecular weight is 226 g/mol. The van der Waals surface area contributed by atoms with Gasteiger partial charge in [0.25, 0.3) is 0 Å². The molecule has 0 aliphatic rings. The van der Waals surface area contributed by atoms with Gasteiger partial charge < -0.3 is 0 Å². The summed E-state index contributed by atoms with van der Waals surface area (Å²) in [6.07, 6.45) is 0. The molecule has 1 aromatic heterocycles. The first-order valence-electron chi connectivity index (χ1n) is 5.20. The fourth-order valence-electron chi connectivity index (χ4n) is 0.879. The lowest BCUT2D eigenvalue weighted by Crippen LogP contribution is -2.34. The highest BCUT2D eigenvalue weighted by Gasteiger charge is 2.17. The van der Waals surface area contributed by atoms with Crippen LogP contribution in [0.3, 0.4) is 0 Å². The second-order valence-corrected chi connectivity index (χ2v) is 4.84. The number of carbonyl (C=O) groups is 1. The Morgan fingerprint density at radius 2 is 2.06 bits per heavy atom. The molecule has 0 aromatic carbocycles. The van der Waals surface area contributed by atoms with Crippen LogP contribution in [-0.2, 0) is 4.84 Å². The first kappa shape index (κ1) is 12.6. The minimum absolute atomic E-state index is 0.0907. The second-order valence-electron chi connectivity index (χ2n) is 4.84. The molecule has 1 aromatic rings. The van der Waals surface area contributed by atoms with Gasteiger partial charge in [-0.25, -0.2) is 10.5 Å². The maximum atomic E-state index is 11.5. The SMILES string of the molecule is CC(C)c1nc(C(=O)NOC(C)(C)C)n[nH]1. The summed E-state index contributed by atoms with van der Waals surface area (Å²) >= 11 is 0. The average Bonchev–Trinajstić information content (AvgIpc) is 2.61. The summed E-state index contributed by atoms with van der Waals surface area (Å²) in [7, 11) is 0. The minimum Gasteiger partial charge on any atom is -0.268 e. The molecule has 1 rings (SSSR count). The van der Waals surface area contributed by atoms with Gasteiger partial charge in [0.15, 0.2) is 0 Å². The van der Waals surface area contributed by atoms with Crippen molar-refractivity contribution in [2.24, 2.45) is 0 Å². The number of aromatic amines is 1. The van der Waals surface area contributed by atoms with Gasteiger partial charge in [-0.3, -0.25) is 14.7 Å². The van der Waals surface area contributed by atoms with Crippen LogP contribution in [0.5, 0.6) is 0 Å². The number of amides is 1. The zero-order valence-corrected chi connectivity index (χ0v) is 10.3. The molecule has 0 fully saturated rings. The van der Waals surface area contributed by atoms with Crippen molar-refractivity contribution in [3.05, 3.63) is 11.6 Å². The van der Waals surface area contributed by atoms with Crippen molar-refractivity contribution < 1.29 is 9.63 Å². The molecule has 1 amide bonds. The topological polar surface area (TPSA) is 79.9 Å². The van der Waals surface area contributed by atoms with Gasteiger partial charge in [0.1, 0.15) is 5.82 Å².